The van der Waals surface area contributed by atoms with Crippen LogP contribution in [0.1, 0.15) is 18.9 Å². The number of ether oxygens (including phenoxy) is 1. The summed E-state index contributed by atoms with van der Waals surface area (Å²) in [7, 11) is -1.80. The van der Waals surface area contributed by atoms with Crippen molar-refractivity contribution in [2.24, 2.45) is 0 Å². The summed E-state index contributed by atoms with van der Waals surface area (Å²) in [5, 5.41) is 0. The largest absolute Gasteiger partial charge is 0.497 e. The minimum atomic E-state index is -3.39. The second kappa shape index (κ2) is 6.58. The second-order valence-corrected chi connectivity index (χ2v) is 5.15. The predicted octanol–water partition coefficient (Wildman–Crippen LogP) is 1.03. The van der Waals surface area contributed by atoms with Gasteiger partial charge in [-0.25, -0.2) is 4.72 Å². The third kappa shape index (κ3) is 5.16. The molecule has 0 aromatic heterocycles. The average molecular weight is 258 g/mol. The summed E-state index contributed by atoms with van der Waals surface area (Å²) < 4.78 is 32.8. The van der Waals surface area contributed by atoms with E-state index in [0.717, 1.165) is 17.7 Å². The van der Waals surface area contributed by atoms with Crippen LogP contribution in [0, 0.1) is 0 Å². The second-order valence-electron chi connectivity index (χ2n) is 3.57. The first kappa shape index (κ1) is 14.0. The molecule has 0 aliphatic heterocycles. The van der Waals surface area contributed by atoms with E-state index in [-0.39, 0.29) is 6.54 Å². The number of methoxy groups -OCH3 is 1. The van der Waals surface area contributed by atoms with E-state index in [2.05, 4.69) is 9.44 Å². The third-order valence-corrected chi connectivity index (χ3v) is 3.28. The molecule has 0 unspecified atom stereocenters. The Bertz CT molecular complexity index is 429. The van der Waals surface area contributed by atoms with Crippen molar-refractivity contribution < 1.29 is 13.2 Å². The lowest BCUT2D eigenvalue weighted by Crippen LogP contribution is -2.36. The SMILES string of the molecule is CCCNS(=O)(=O)NCc1ccc(OC)cc1. The maximum Gasteiger partial charge on any atom is 0.277 e. The van der Waals surface area contributed by atoms with Crippen LogP contribution in [0.2, 0.25) is 0 Å². The van der Waals surface area contributed by atoms with E-state index < -0.39 is 10.2 Å². The highest BCUT2D eigenvalue weighted by molar-refractivity contribution is 7.87. The van der Waals surface area contributed by atoms with Crippen LogP contribution in [0.5, 0.6) is 5.75 Å². The summed E-state index contributed by atoms with van der Waals surface area (Å²) in [6.07, 6.45) is 0.767. The van der Waals surface area contributed by atoms with Gasteiger partial charge < -0.3 is 4.74 Å². The summed E-state index contributed by atoms with van der Waals surface area (Å²) in [6, 6.07) is 7.23. The van der Waals surface area contributed by atoms with Gasteiger partial charge in [-0.05, 0) is 24.1 Å². The molecule has 0 aliphatic carbocycles. The number of nitrogens with one attached hydrogen (secondary N) is 2. The van der Waals surface area contributed by atoms with E-state index in [1.807, 2.05) is 19.1 Å². The fraction of sp³-hybridized carbons (Fsp3) is 0.455. The molecule has 0 spiro atoms. The fourth-order valence-corrected chi connectivity index (χ4v) is 2.14. The first-order chi connectivity index (χ1) is 8.07. The van der Waals surface area contributed by atoms with E-state index in [0.29, 0.717) is 6.54 Å². The molecule has 0 atom stereocenters. The number of hydrogen-bond donors (Lipinski definition) is 2. The van der Waals surface area contributed by atoms with Crippen molar-refractivity contribution in [3.63, 3.8) is 0 Å². The first-order valence-electron chi connectivity index (χ1n) is 5.44. The van der Waals surface area contributed by atoms with E-state index in [4.69, 9.17) is 4.74 Å². The van der Waals surface area contributed by atoms with Gasteiger partial charge in [0, 0.05) is 13.1 Å². The molecule has 0 amide bonds. The van der Waals surface area contributed by atoms with Crippen LogP contribution in [0.3, 0.4) is 0 Å². The number of rotatable bonds is 7. The van der Waals surface area contributed by atoms with Gasteiger partial charge in [-0.3, -0.25) is 0 Å². The molecular weight excluding hydrogens is 240 g/mol. The third-order valence-electron chi connectivity index (χ3n) is 2.17. The molecule has 6 heteroatoms. The van der Waals surface area contributed by atoms with Gasteiger partial charge in [-0.15, -0.1) is 0 Å². The maximum atomic E-state index is 11.4. The average Bonchev–Trinajstić information content (AvgIpc) is 2.35. The fourth-order valence-electron chi connectivity index (χ4n) is 1.21. The lowest BCUT2D eigenvalue weighted by atomic mass is 10.2. The number of hydrogen-bond acceptors (Lipinski definition) is 3. The lowest BCUT2D eigenvalue weighted by Gasteiger charge is -2.07. The molecule has 1 aromatic rings. The highest BCUT2D eigenvalue weighted by Gasteiger charge is 2.07. The van der Waals surface area contributed by atoms with Gasteiger partial charge in [0.25, 0.3) is 10.2 Å². The normalized spacial score (nSPS) is 11.4. The molecule has 5 nitrogen and oxygen atoms in total. The minimum absolute atomic E-state index is 0.267. The smallest absolute Gasteiger partial charge is 0.277 e. The van der Waals surface area contributed by atoms with Crippen molar-refractivity contribution in [1.82, 2.24) is 9.44 Å². The molecule has 2 N–H and O–H groups in total. The van der Waals surface area contributed by atoms with Crippen LogP contribution in [0.15, 0.2) is 24.3 Å². The van der Waals surface area contributed by atoms with Crippen LogP contribution in [-0.4, -0.2) is 22.1 Å². The Morgan fingerprint density at radius 3 is 2.35 bits per heavy atom. The predicted molar refractivity (Wildman–Crippen MR) is 67.0 cm³/mol. The van der Waals surface area contributed by atoms with Crippen molar-refractivity contribution in [2.75, 3.05) is 13.7 Å². The molecule has 0 bridgehead atoms. The van der Waals surface area contributed by atoms with Gasteiger partial charge in [-0.1, -0.05) is 19.1 Å². The van der Waals surface area contributed by atoms with Crippen molar-refractivity contribution in [3.05, 3.63) is 29.8 Å². The molecule has 0 radical (unpaired) electrons. The van der Waals surface area contributed by atoms with Crippen LogP contribution in [0.25, 0.3) is 0 Å². The molecular formula is C11H18N2O3S. The van der Waals surface area contributed by atoms with Gasteiger partial charge in [0.05, 0.1) is 7.11 Å². The summed E-state index contributed by atoms with van der Waals surface area (Å²) in [4.78, 5) is 0. The molecule has 0 fully saturated rings. The lowest BCUT2D eigenvalue weighted by molar-refractivity contribution is 0.414. The summed E-state index contributed by atoms with van der Waals surface area (Å²) >= 11 is 0. The van der Waals surface area contributed by atoms with Crippen molar-refractivity contribution >= 4 is 10.2 Å². The molecule has 96 valence electrons. The molecule has 0 saturated heterocycles. The van der Waals surface area contributed by atoms with Crippen LogP contribution >= 0.6 is 0 Å². The Balaban J connectivity index is 2.49. The van der Waals surface area contributed by atoms with Crippen LogP contribution < -0.4 is 14.2 Å². The molecule has 0 heterocycles. The maximum absolute atomic E-state index is 11.4. The zero-order valence-corrected chi connectivity index (χ0v) is 10.9. The highest BCUT2D eigenvalue weighted by Crippen LogP contribution is 2.10. The van der Waals surface area contributed by atoms with E-state index in [1.165, 1.54) is 0 Å². The standard InChI is InChI=1S/C11H18N2O3S/c1-3-8-12-17(14,15)13-9-10-4-6-11(16-2)7-5-10/h4-7,12-13H,3,8-9H2,1-2H3. The highest BCUT2D eigenvalue weighted by atomic mass is 32.2. The first-order valence-corrected chi connectivity index (χ1v) is 6.93. The summed E-state index contributed by atoms with van der Waals surface area (Å²) in [6.45, 7) is 2.62. The van der Waals surface area contributed by atoms with Gasteiger partial charge in [0.15, 0.2) is 0 Å². The van der Waals surface area contributed by atoms with Gasteiger partial charge in [-0.2, -0.15) is 13.1 Å². The van der Waals surface area contributed by atoms with Crippen LogP contribution in [-0.2, 0) is 16.8 Å². The van der Waals surface area contributed by atoms with Gasteiger partial charge >= 0.3 is 0 Å². The van der Waals surface area contributed by atoms with Crippen LogP contribution in [0.4, 0.5) is 0 Å². The Morgan fingerprint density at radius 2 is 1.82 bits per heavy atom. The molecule has 0 saturated carbocycles. The Kier molecular flexibility index (Phi) is 5.40. The van der Waals surface area contributed by atoms with Crippen molar-refractivity contribution in [1.29, 1.82) is 0 Å². The topological polar surface area (TPSA) is 67.4 Å². The minimum Gasteiger partial charge on any atom is -0.497 e. The van der Waals surface area contributed by atoms with Crippen molar-refractivity contribution in [2.45, 2.75) is 19.9 Å². The monoisotopic (exact) mass is 258 g/mol. The Morgan fingerprint density at radius 1 is 1.18 bits per heavy atom. The molecule has 17 heavy (non-hydrogen) atoms. The van der Waals surface area contributed by atoms with Crippen molar-refractivity contribution in [3.8, 4) is 5.75 Å². The Hall–Kier alpha value is -1.11. The van der Waals surface area contributed by atoms with E-state index in [9.17, 15) is 8.42 Å². The molecule has 1 rings (SSSR count). The van der Waals surface area contributed by atoms with E-state index >= 15 is 0 Å². The summed E-state index contributed by atoms with van der Waals surface area (Å²) in [5.74, 6) is 0.751. The zero-order valence-electron chi connectivity index (χ0n) is 10.1. The molecule has 0 aliphatic rings. The zero-order chi connectivity index (χ0) is 12.7. The van der Waals surface area contributed by atoms with E-state index in [1.54, 1.807) is 19.2 Å². The number of benzene rings is 1. The molecule has 1 aromatic carbocycles. The van der Waals surface area contributed by atoms with Gasteiger partial charge in [0.2, 0.25) is 0 Å². The van der Waals surface area contributed by atoms with Gasteiger partial charge in [0.1, 0.15) is 5.75 Å². The quantitative estimate of drug-likeness (QED) is 0.767. The Labute approximate surface area is 102 Å². The summed E-state index contributed by atoms with van der Waals surface area (Å²) in [5.41, 5.74) is 0.882.